The Bertz CT molecular complexity index is 845. The molecule has 0 aromatic heterocycles. The first kappa shape index (κ1) is 17.7. The third kappa shape index (κ3) is 3.94. The normalized spacial score (nSPS) is 15.3. The summed E-state index contributed by atoms with van der Waals surface area (Å²) in [5.74, 6) is 0.571. The van der Waals surface area contributed by atoms with E-state index in [4.69, 9.17) is 4.74 Å². The molecule has 1 aliphatic heterocycles. The second-order valence-electron chi connectivity index (χ2n) is 6.22. The van der Waals surface area contributed by atoms with Crippen LogP contribution in [0.25, 0.3) is 6.08 Å². The Kier molecular flexibility index (Phi) is 5.37. The van der Waals surface area contributed by atoms with E-state index in [2.05, 4.69) is 5.32 Å². The van der Waals surface area contributed by atoms with Crippen LogP contribution in [0.1, 0.15) is 36.1 Å². The minimum absolute atomic E-state index is 0.0821. The number of fused-ring (bicyclic) bond motifs is 1. The average molecular weight is 350 g/mol. The van der Waals surface area contributed by atoms with Crippen LogP contribution >= 0.6 is 0 Å². The molecule has 5 heteroatoms. The smallest absolute Gasteiger partial charge is 0.223 e. The van der Waals surface area contributed by atoms with E-state index in [1.807, 2.05) is 54.6 Å². The standard InChI is InChI=1S/C21H22N2O3/c1-15(24)23-11-10-17-7-3-4-9-19(17)20(23)13-21(25)22-14-16-6-5-8-18(12-16)26-2/h3-12,20H,13-14H2,1-2H3,(H,22,25). The van der Waals surface area contributed by atoms with Crippen LogP contribution in [0.15, 0.2) is 54.7 Å². The van der Waals surface area contributed by atoms with Crippen molar-refractivity contribution in [3.8, 4) is 5.75 Å². The maximum Gasteiger partial charge on any atom is 0.223 e. The molecule has 5 nitrogen and oxygen atoms in total. The third-order valence-electron chi connectivity index (χ3n) is 4.47. The lowest BCUT2D eigenvalue weighted by Gasteiger charge is -2.32. The predicted molar refractivity (Wildman–Crippen MR) is 100 cm³/mol. The highest BCUT2D eigenvalue weighted by molar-refractivity contribution is 5.81. The van der Waals surface area contributed by atoms with Crippen molar-refractivity contribution >= 4 is 17.9 Å². The van der Waals surface area contributed by atoms with E-state index in [1.54, 1.807) is 18.2 Å². The molecular formula is C21H22N2O3. The van der Waals surface area contributed by atoms with Gasteiger partial charge in [-0.15, -0.1) is 0 Å². The van der Waals surface area contributed by atoms with E-state index in [-0.39, 0.29) is 24.3 Å². The first-order valence-corrected chi connectivity index (χ1v) is 8.54. The summed E-state index contributed by atoms with van der Waals surface area (Å²) in [5.41, 5.74) is 2.99. The first-order chi connectivity index (χ1) is 12.6. The Hall–Kier alpha value is -3.08. The summed E-state index contributed by atoms with van der Waals surface area (Å²) in [6.07, 6.45) is 3.87. The fourth-order valence-electron chi connectivity index (χ4n) is 3.14. The van der Waals surface area contributed by atoms with Crippen molar-refractivity contribution in [2.24, 2.45) is 0 Å². The molecule has 2 aromatic carbocycles. The lowest BCUT2D eigenvalue weighted by atomic mass is 9.93. The zero-order valence-corrected chi connectivity index (χ0v) is 14.9. The van der Waals surface area contributed by atoms with Gasteiger partial charge < -0.3 is 15.0 Å². The fraction of sp³-hybridized carbons (Fsp3) is 0.238. The lowest BCUT2D eigenvalue weighted by Crippen LogP contribution is -2.35. The minimum Gasteiger partial charge on any atom is -0.497 e. The van der Waals surface area contributed by atoms with E-state index >= 15 is 0 Å². The van der Waals surface area contributed by atoms with E-state index in [0.717, 1.165) is 22.4 Å². The summed E-state index contributed by atoms with van der Waals surface area (Å²) in [6, 6.07) is 15.1. The van der Waals surface area contributed by atoms with Gasteiger partial charge in [-0.05, 0) is 34.9 Å². The second-order valence-corrected chi connectivity index (χ2v) is 6.22. The van der Waals surface area contributed by atoms with Gasteiger partial charge in [0.15, 0.2) is 0 Å². The number of carbonyl (C=O) groups excluding carboxylic acids is 2. The number of benzene rings is 2. The Morgan fingerprint density at radius 1 is 1.15 bits per heavy atom. The highest BCUT2D eigenvalue weighted by atomic mass is 16.5. The maximum atomic E-state index is 12.5. The van der Waals surface area contributed by atoms with Crippen molar-refractivity contribution in [2.45, 2.75) is 25.9 Å². The van der Waals surface area contributed by atoms with Crippen molar-refractivity contribution < 1.29 is 14.3 Å². The van der Waals surface area contributed by atoms with Gasteiger partial charge in [0, 0.05) is 19.7 Å². The summed E-state index contributed by atoms with van der Waals surface area (Å²) in [7, 11) is 1.61. The van der Waals surface area contributed by atoms with Gasteiger partial charge in [0.1, 0.15) is 5.75 Å². The van der Waals surface area contributed by atoms with E-state index in [1.165, 1.54) is 6.92 Å². The van der Waals surface area contributed by atoms with Crippen LogP contribution in [-0.2, 0) is 16.1 Å². The number of hydrogen-bond acceptors (Lipinski definition) is 3. The molecule has 0 saturated heterocycles. The van der Waals surface area contributed by atoms with Gasteiger partial charge in [-0.25, -0.2) is 0 Å². The number of amides is 2. The second kappa shape index (κ2) is 7.87. The van der Waals surface area contributed by atoms with Gasteiger partial charge in [0.25, 0.3) is 0 Å². The van der Waals surface area contributed by atoms with Crippen molar-refractivity contribution in [3.05, 3.63) is 71.4 Å². The van der Waals surface area contributed by atoms with E-state index < -0.39 is 0 Å². The van der Waals surface area contributed by atoms with Gasteiger partial charge in [0.2, 0.25) is 11.8 Å². The number of rotatable bonds is 5. The number of nitrogens with one attached hydrogen (secondary N) is 1. The molecule has 0 bridgehead atoms. The van der Waals surface area contributed by atoms with E-state index in [0.29, 0.717) is 6.54 Å². The zero-order chi connectivity index (χ0) is 18.5. The molecule has 2 aromatic rings. The molecule has 1 atom stereocenters. The molecule has 0 saturated carbocycles. The van der Waals surface area contributed by atoms with Crippen LogP contribution in [0, 0.1) is 0 Å². The summed E-state index contributed by atoms with van der Waals surface area (Å²) in [4.78, 5) is 26.1. The molecule has 2 amide bonds. The summed E-state index contributed by atoms with van der Waals surface area (Å²) < 4.78 is 5.20. The van der Waals surface area contributed by atoms with Crippen LogP contribution in [0.4, 0.5) is 0 Å². The Morgan fingerprint density at radius 2 is 1.96 bits per heavy atom. The molecule has 1 heterocycles. The monoisotopic (exact) mass is 350 g/mol. The molecule has 0 fully saturated rings. The molecule has 3 rings (SSSR count). The SMILES string of the molecule is COc1cccc(CNC(=O)CC2c3ccccc3C=CN2C(C)=O)c1. The highest BCUT2D eigenvalue weighted by Gasteiger charge is 2.27. The largest absolute Gasteiger partial charge is 0.497 e. The quantitative estimate of drug-likeness (QED) is 0.900. The topological polar surface area (TPSA) is 58.6 Å². The van der Waals surface area contributed by atoms with Crippen LogP contribution in [0.2, 0.25) is 0 Å². The zero-order valence-electron chi connectivity index (χ0n) is 14.9. The number of hydrogen-bond donors (Lipinski definition) is 1. The Balaban J connectivity index is 1.70. The van der Waals surface area contributed by atoms with Crippen molar-refractivity contribution in [1.29, 1.82) is 0 Å². The Labute approximate surface area is 153 Å². The fourth-order valence-corrected chi connectivity index (χ4v) is 3.14. The van der Waals surface area contributed by atoms with Crippen molar-refractivity contribution in [1.82, 2.24) is 10.2 Å². The molecular weight excluding hydrogens is 328 g/mol. The third-order valence-corrected chi connectivity index (χ3v) is 4.47. The predicted octanol–water partition coefficient (Wildman–Crippen LogP) is 3.28. The van der Waals surface area contributed by atoms with Crippen LogP contribution in [-0.4, -0.2) is 23.8 Å². The number of carbonyl (C=O) groups is 2. The number of methoxy groups -OCH3 is 1. The molecule has 1 unspecified atom stereocenters. The summed E-state index contributed by atoms with van der Waals surface area (Å²) in [5, 5.41) is 2.93. The van der Waals surface area contributed by atoms with Gasteiger partial charge in [0.05, 0.1) is 19.6 Å². The Morgan fingerprint density at radius 3 is 2.73 bits per heavy atom. The summed E-state index contributed by atoms with van der Waals surface area (Å²) in [6.45, 7) is 1.93. The molecule has 26 heavy (non-hydrogen) atoms. The van der Waals surface area contributed by atoms with Crippen LogP contribution < -0.4 is 10.1 Å². The van der Waals surface area contributed by atoms with Crippen LogP contribution in [0.3, 0.4) is 0 Å². The van der Waals surface area contributed by atoms with E-state index in [9.17, 15) is 9.59 Å². The number of nitrogens with zero attached hydrogens (tertiary/aromatic N) is 1. The minimum atomic E-state index is -0.293. The maximum absolute atomic E-state index is 12.5. The molecule has 134 valence electrons. The molecule has 0 aliphatic carbocycles. The lowest BCUT2D eigenvalue weighted by molar-refractivity contribution is -0.130. The van der Waals surface area contributed by atoms with Gasteiger partial charge in [-0.1, -0.05) is 36.4 Å². The van der Waals surface area contributed by atoms with Crippen LogP contribution in [0.5, 0.6) is 5.75 Å². The van der Waals surface area contributed by atoms with Gasteiger partial charge >= 0.3 is 0 Å². The van der Waals surface area contributed by atoms with Crippen molar-refractivity contribution in [2.75, 3.05) is 7.11 Å². The van der Waals surface area contributed by atoms with Gasteiger partial charge in [-0.2, -0.15) is 0 Å². The highest BCUT2D eigenvalue weighted by Crippen LogP contribution is 2.32. The molecule has 1 N–H and O–H groups in total. The summed E-state index contributed by atoms with van der Waals surface area (Å²) >= 11 is 0. The molecule has 1 aliphatic rings. The molecule has 0 radical (unpaired) electrons. The van der Waals surface area contributed by atoms with Crippen molar-refractivity contribution in [3.63, 3.8) is 0 Å². The van der Waals surface area contributed by atoms with Gasteiger partial charge in [-0.3, -0.25) is 9.59 Å². The number of ether oxygens (including phenoxy) is 1. The first-order valence-electron chi connectivity index (χ1n) is 8.54. The molecule has 0 spiro atoms. The average Bonchev–Trinajstić information content (AvgIpc) is 2.66.